The second-order valence-electron chi connectivity index (χ2n) is 5.11. The van der Waals surface area contributed by atoms with Gasteiger partial charge < -0.3 is 9.64 Å². The number of halogens is 1. The van der Waals surface area contributed by atoms with E-state index in [-0.39, 0.29) is 42.3 Å². The molecule has 0 saturated carbocycles. The van der Waals surface area contributed by atoms with Crippen LogP contribution in [0.2, 0.25) is 0 Å². The van der Waals surface area contributed by atoms with Crippen LogP contribution in [-0.4, -0.2) is 50.4 Å². The number of carbonyl (C=O) groups excluding carboxylic acids is 1. The van der Waals surface area contributed by atoms with Crippen molar-refractivity contribution in [3.05, 3.63) is 30.1 Å². The van der Waals surface area contributed by atoms with Gasteiger partial charge in [-0.15, -0.1) is 0 Å². The van der Waals surface area contributed by atoms with Crippen LogP contribution in [0.5, 0.6) is 5.75 Å². The molecule has 0 N–H and O–H groups in total. The van der Waals surface area contributed by atoms with Gasteiger partial charge in [-0.05, 0) is 30.7 Å². The summed E-state index contributed by atoms with van der Waals surface area (Å²) in [5.74, 6) is 0.171. The molecule has 0 aromatic heterocycles. The minimum Gasteiger partial charge on any atom is -0.493 e. The van der Waals surface area contributed by atoms with Crippen molar-refractivity contribution in [2.24, 2.45) is 0 Å². The van der Waals surface area contributed by atoms with Crippen LogP contribution in [-0.2, 0) is 14.6 Å². The molecule has 1 aromatic carbocycles. The number of hydrogen-bond acceptors (Lipinski definition) is 4. The van der Waals surface area contributed by atoms with Crippen molar-refractivity contribution in [1.82, 2.24) is 4.90 Å². The van der Waals surface area contributed by atoms with Gasteiger partial charge in [0.05, 0.1) is 24.5 Å². The third-order valence-electron chi connectivity index (χ3n) is 3.55. The molecule has 0 aliphatic carbocycles. The van der Waals surface area contributed by atoms with Crippen LogP contribution in [0.3, 0.4) is 0 Å². The molecule has 1 amide bonds. The van der Waals surface area contributed by atoms with Gasteiger partial charge in [0.1, 0.15) is 11.6 Å². The van der Waals surface area contributed by atoms with Gasteiger partial charge in [0.25, 0.3) is 0 Å². The van der Waals surface area contributed by atoms with Crippen molar-refractivity contribution in [2.45, 2.75) is 18.9 Å². The highest BCUT2D eigenvalue weighted by atomic mass is 32.2. The highest BCUT2D eigenvalue weighted by molar-refractivity contribution is 7.91. The molecule has 116 valence electrons. The van der Waals surface area contributed by atoms with Crippen molar-refractivity contribution >= 4 is 15.7 Å². The molecule has 21 heavy (non-hydrogen) atoms. The van der Waals surface area contributed by atoms with E-state index in [1.807, 2.05) is 0 Å². The van der Waals surface area contributed by atoms with Gasteiger partial charge in [-0.2, -0.15) is 0 Å². The summed E-state index contributed by atoms with van der Waals surface area (Å²) in [5.41, 5.74) is 0. The normalized spacial score (nSPS) is 20.2. The molecule has 1 saturated heterocycles. The molecule has 1 fully saturated rings. The SMILES string of the molecule is CN(C(=O)CCOc1ccc(F)cc1)[C@H]1CCS(=O)(=O)C1. The fourth-order valence-electron chi connectivity index (χ4n) is 2.25. The Bertz CT molecular complexity index is 600. The predicted molar refractivity (Wildman–Crippen MR) is 76.3 cm³/mol. The molecular formula is C14H18FNO4S. The van der Waals surface area contributed by atoms with Crippen LogP contribution in [0, 0.1) is 5.82 Å². The first-order valence-corrected chi connectivity index (χ1v) is 8.54. The zero-order valence-corrected chi connectivity index (χ0v) is 12.6. The third-order valence-corrected chi connectivity index (χ3v) is 5.30. The molecule has 1 aliphatic heterocycles. The molecule has 0 spiro atoms. The average molecular weight is 315 g/mol. The fourth-order valence-corrected chi connectivity index (χ4v) is 4.02. The van der Waals surface area contributed by atoms with Crippen molar-refractivity contribution in [3.63, 3.8) is 0 Å². The Kier molecular flexibility index (Phi) is 4.82. The minimum atomic E-state index is -3.00. The average Bonchev–Trinajstić information content (AvgIpc) is 2.80. The summed E-state index contributed by atoms with van der Waals surface area (Å²) in [6.07, 6.45) is 0.647. The topological polar surface area (TPSA) is 63.7 Å². The number of hydrogen-bond donors (Lipinski definition) is 0. The number of amides is 1. The van der Waals surface area contributed by atoms with Crippen LogP contribution in [0.1, 0.15) is 12.8 Å². The Morgan fingerprint density at radius 1 is 1.38 bits per heavy atom. The Balaban J connectivity index is 1.78. The standard InChI is InChI=1S/C14H18FNO4S/c1-16(12-7-9-21(18,19)10-12)14(17)6-8-20-13-4-2-11(15)3-5-13/h2-5,12H,6-10H2,1H3/t12-/m0/s1. The molecule has 1 aliphatic rings. The monoisotopic (exact) mass is 315 g/mol. The first-order valence-electron chi connectivity index (χ1n) is 6.72. The second-order valence-corrected chi connectivity index (χ2v) is 7.34. The zero-order chi connectivity index (χ0) is 15.5. The number of ether oxygens (including phenoxy) is 1. The van der Waals surface area contributed by atoms with Crippen LogP contribution in [0.15, 0.2) is 24.3 Å². The van der Waals surface area contributed by atoms with E-state index in [1.165, 1.54) is 29.2 Å². The van der Waals surface area contributed by atoms with Crippen LogP contribution < -0.4 is 4.74 Å². The van der Waals surface area contributed by atoms with E-state index in [0.29, 0.717) is 12.2 Å². The second kappa shape index (κ2) is 6.43. The fraction of sp³-hybridized carbons (Fsp3) is 0.500. The molecule has 0 bridgehead atoms. The van der Waals surface area contributed by atoms with Crippen LogP contribution in [0.25, 0.3) is 0 Å². The molecule has 0 unspecified atom stereocenters. The Hall–Kier alpha value is -1.63. The summed E-state index contributed by atoms with van der Waals surface area (Å²) >= 11 is 0. The van der Waals surface area contributed by atoms with E-state index in [0.717, 1.165) is 0 Å². The lowest BCUT2D eigenvalue weighted by Gasteiger charge is -2.23. The number of benzene rings is 1. The van der Waals surface area contributed by atoms with E-state index in [2.05, 4.69) is 0 Å². The van der Waals surface area contributed by atoms with Gasteiger partial charge in [0.2, 0.25) is 5.91 Å². The van der Waals surface area contributed by atoms with E-state index >= 15 is 0 Å². The van der Waals surface area contributed by atoms with E-state index in [1.54, 1.807) is 7.05 Å². The van der Waals surface area contributed by atoms with Gasteiger partial charge in [-0.25, -0.2) is 12.8 Å². The van der Waals surface area contributed by atoms with Crippen molar-refractivity contribution in [2.75, 3.05) is 25.2 Å². The van der Waals surface area contributed by atoms with Gasteiger partial charge in [0.15, 0.2) is 9.84 Å². The van der Waals surface area contributed by atoms with Gasteiger partial charge in [-0.3, -0.25) is 4.79 Å². The number of carbonyl (C=O) groups is 1. The molecule has 1 heterocycles. The lowest BCUT2D eigenvalue weighted by Crippen LogP contribution is -2.38. The highest BCUT2D eigenvalue weighted by Gasteiger charge is 2.32. The molecule has 0 radical (unpaired) electrons. The maximum atomic E-state index is 12.7. The van der Waals surface area contributed by atoms with Crippen molar-refractivity contribution in [3.8, 4) is 5.75 Å². The molecular weight excluding hydrogens is 297 g/mol. The van der Waals surface area contributed by atoms with E-state index < -0.39 is 9.84 Å². The summed E-state index contributed by atoms with van der Waals surface area (Å²) in [6, 6.07) is 5.31. The van der Waals surface area contributed by atoms with Gasteiger partial charge in [-0.1, -0.05) is 0 Å². The largest absolute Gasteiger partial charge is 0.493 e. The zero-order valence-electron chi connectivity index (χ0n) is 11.8. The number of nitrogens with zero attached hydrogens (tertiary/aromatic N) is 1. The highest BCUT2D eigenvalue weighted by Crippen LogP contribution is 2.17. The van der Waals surface area contributed by atoms with E-state index in [9.17, 15) is 17.6 Å². The number of sulfone groups is 1. The molecule has 1 aromatic rings. The molecule has 1 atom stereocenters. The van der Waals surface area contributed by atoms with Crippen molar-refractivity contribution < 1.29 is 22.3 Å². The lowest BCUT2D eigenvalue weighted by atomic mass is 10.2. The Morgan fingerprint density at radius 2 is 2.05 bits per heavy atom. The lowest BCUT2D eigenvalue weighted by molar-refractivity contribution is -0.132. The Morgan fingerprint density at radius 3 is 2.62 bits per heavy atom. The maximum absolute atomic E-state index is 12.7. The quantitative estimate of drug-likeness (QED) is 0.820. The first kappa shape index (κ1) is 15.8. The maximum Gasteiger partial charge on any atom is 0.226 e. The van der Waals surface area contributed by atoms with Crippen molar-refractivity contribution in [1.29, 1.82) is 0 Å². The van der Waals surface area contributed by atoms with Gasteiger partial charge >= 0.3 is 0 Å². The van der Waals surface area contributed by atoms with E-state index in [4.69, 9.17) is 4.74 Å². The third kappa shape index (κ3) is 4.42. The summed E-state index contributed by atoms with van der Waals surface area (Å²) in [5, 5.41) is 0. The molecule has 7 heteroatoms. The summed E-state index contributed by atoms with van der Waals surface area (Å²) in [4.78, 5) is 13.5. The van der Waals surface area contributed by atoms with Crippen LogP contribution in [0.4, 0.5) is 4.39 Å². The number of rotatable bonds is 5. The summed E-state index contributed by atoms with van der Waals surface area (Å²) in [7, 11) is -1.39. The molecule has 5 nitrogen and oxygen atoms in total. The Labute approximate surface area is 123 Å². The predicted octanol–water partition coefficient (Wildman–Crippen LogP) is 1.24. The minimum absolute atomic E-state index is 0.0358. The van der Waals surface area contributed by atoms with Gasteiger partial charge in [0, 0.05) is 13.1 Å². The summed E-state index contributed by atoms with van der Waals surface area (Å²) < 4.78 is 40.9. The van der Waals surface area contributed by atoms with Crippen LogP contribution >= 0.6 is 0 Å². The first-order chi connectivity index (χ1) is 9.87. The summed E-state index contributed by atoms with van der Waals surface area (Å²) in [6.45, 7) is 0.175. The molecule has 2 rings (SSSR count). The smallest absolute Gasteiger partial charge is 0.226 e.